The fourth-order valence-electron chi connectivity index (χ4n) is 0. The molecule has 1 unspecified atom stereocenters. The van der Waals surface area contributed by atoms with Gasteiger partial charge in [-0.15, -0.1) is 0 Å². The molecular weight excluding hydrogens is 169 g/mol. The highest BCUT2D eigenvalue weighted by atomic mass is 31.0. The highest BCUT2D eigenvalue weighted by molar-refractivity contribution is 6.92. The molecule has 0 rings (SSSR count). The lowest BCUT2D eigenvalue weighted by atomic mass is 10.4. The molecule has 0 aromatic heterocycles. The van der Waals surface area contributed by atoms with Gasteiger partial charge in [0.25, 0.3) is 0 Å². The zero-order valence-electron chi connectivity index (χ0n) is 6.20. The summed E-state index contributed by atoms with van der Waals surface area (Å²) in [6.45, 7) is 4.60. The number of carboxylic acid groups (broad SMARTS) is 2. The van der Waals surface area contributed by atoms with Crippen molar-refractivity contribution in [1.29, 1.82) is 0 Å². The van der Waals surface area contributed by atoms with Crippen LogP contribution in [0.15, 0.2) is 12.2 Å². The van der Waals surface area contributed by atoms with E-state index in [1.165, 1.54) is 6.92 Å². The Labute approximate surface area is 67.5 Å². The molecule has 1 atom stereocenters. The summed E-state index contributed by atoms with van der Waals surface area (Å²) in [4.78, 5) is 18.4. The third-order valence-corrected chi connectivity index (χ3v) is 0.365. The number of nitrogens with two attached hydrogens (primary N) is 1. The van der Waals surface area contributed by atoms with Gasteiger partial charge in [-0.1, -0.05) is 6.58 Å². The van der Waals surface area contributed by atoms with E-state index in [4.69, 9.17) is 15.0 Å². The molecule has 4 N–H and O–H groups in total. The second-order valence-electron chi connectivity index (χ2n) is 1.42. The number of hydrogen-bond donors (Lipinski definition) is 3. The van der Waals surface area contributed by atoms with Gasteiger partial charge in [0, 0.05) is 5.57 Å². The van der Waals surface area contributed by atoms with Crippen LogP contribution in [0.25, 0.3) is 0 Å². The molecule has 0 spiro atoms. The Balaban J connectivity index is -0.000000114. The molecule has 11 heavy (non-hydrogen) atoms. The first-order valence-corrected chi connectivity index (χ1v) is 2.25. The normalized spacial score (nSPS) is 6.27. The minimum absolute atomic E-state index is 0. The van der Waals surface area contributed by atoms with E-state index >= 15 is 0 Å². The zero-order chi connectivity index (χ0) is 8.73. The van der Waals surface area contributed by atoms with Crippen molar-refractivity contribution in [3.8, 4) is 0 Å². The first kappa shape index (κ1) is 16.5. The van der Waals surface area contributed by atoms with Crippen LogP contribution in [-0.2, 0) is 4.79 Å². The molecular formula is C5H12NO4P. The van der Waals surface area contributed by atoms with Crippen LogP contribution < -0.4 is 5.73 Å². The van der Waals surface area contributed by atoms with Crippen molar-refractivity contribution in [3.05, 3.63) is 12.2 Å². The molecule has 0 heterocycles. The second kappa shape index (κ2) is 8.91. The first-order chi connectivity index (χ1) is 4.37. The Hall–Kier alpha value is -1.09. The average molecular weight is 181 g/mol. The van der Waals surface area contributed by atoms with Gasteiger partial charge in [-0.2, -0.15) is 9.90 Å². The molecule has 0 bridgehead atoms. The molecule has 66 valence electrons. The maximum Gasteiger partial charge on any atom is 0.402 e. The van der Waals surface area contributed by atoms with E-state index in [9.17, 15) is 4.79 Å². The van der Waals surface area contributed by atoms with Crippen molar-refractivity contribution in [2.45, 2.75) is 6.92 Å². The molecule has 0 aliphatic heterocycles. The minimum Gasteiger partial charge on any atom is -0.478 e. The molecule has 1 amide bonds. The monoisotopic (exact) mass is 181 g/mol. The topological polar surface area (TPSA) is 101 Å². The summed E-state index contributed by atoms with van der Waals surface area (Å²) < 4.78 is 0. The average Bonchev–Trinajstić information content (AvgIpc) is 1.63. The molecule has 0 aromatic rings. The molecule has 0 radical (unpaired) electrons. The Morgan fingerprint density at radius 3 is 1.45 bits per heavy atom. The Morgan fingerprint density at radius 2 is 1.45 bits per heavy atom. The largest absolute Gasteiger partial charge is 0.478 e. The summed E-state index contributed by atoms with van der Waals surface area (Å²) in [6.07, 6.45) is -1.33. The lowest BCUT2D eigenvalue weighted by Gasteiger charge is -1.79. The number of hydrogen-bond acceptors (Lipinski definition) is 2. The van der Waals surface area contributed by atoms with Gasteiger partial charge in [0.05, 0.1) is 0 Å². The van der Waals surface area contributed by atoms with Crippen LogP contribution in [-0.4, -0.2) is 22.3 Å². The lowest BCUT2D eigenvalue weighted by Crippen LogP contribution is -2.03. The standard InChI is InChI=1S/C4H6O2.CH3NO2.H3P/c1-3(2)4(5)6;2-1(3)4;/h1H2,2H3,(H,5,6);2H2,(H,3,4);1H3. The maximum absolute atomic E-state index is 9.60. The summed E-state index contributed by atoms with van der Waals surface area (Å²) in [5, 5.41) is 15.1. The van der Waals surface area contributed by atoms with Gasteiger partial charge in [-0.25, -0.2) is 9.59 Å². The molecule has 5 nitrogen and oxygen atoms in total. The van der Waals surface area contributed by atoms with Crippen LogP contribution >= 0.6 is 9.90 Å². The highest BCUT2D eigenvalue weighted by Gasteiger charge is 1.90. The minimum atomic E-state index is -1.33. The SMILES string of the molecule is C=C(C)C(=O)O.NC(=O)O.P. The molecule has 0 aromatic carbocycles. The number of primary amides is 1. The molecule has 0 saturated carbocycles. The van der Waals surface area contributed by atoms with Crippen LogP contribution in [0, 0.1) is 0 Å². The van der Waals surface area contributed by atoms with E-state index in [1.54, 1.807) is 0 Å². The summed E-state index contributed by atoms with van der Waals surface area (Å²) in [7, 11) is 0. The van der Waals surface area contributed by atoms with E-state index in [0.717, 1.165) is 0 Å². The first-order valence-electron chi connectivity index (χ1n) is 2.25. The smallest absolute Gasteiger partial charge is 0.402 e. The second-order valence-corrected chi connectivity index (χ2v) is 1.42. The van der Waals surface area contributed by atoms with E-state index < -0.39 is 12.1 Å². The van der Waals surface area contributed by atoms with Crippen LogP contribution in [0.2, 0.25) is 0 Å². The van der Waals surface area contributed by atoms with E-state index in [0.29, 0.717) is 0 Å². The zero-order valence-corrected chi connectivity index (χ0v) is 7.62. The third kappa shape index (κ3) is 50.2. The van der Waals surface area contributed by atoms with Crippen molar-refractivity contribution in [2.75, 3.05) is 0 Å². The van der Waals surface area contributed by atoms with Crippen molar-refractivity contribution in [2.24, 2.45) is 5.73 Å². The van der Waals surface area contributed by atoms with Crippen molar-refractivity contribution >= 4 is 22.0 Å². The van der Waals surface area contributed by atoms with E-state index in [-0.39, 0.29) is 15.5 Å². The van der Waals surface area contributed by atoms with Crippen molar-refractivity contribution < 1.29 is 19.8 Å². The Morgan fingerprint density at radius 1 is 1.36 bits per heavy atom. The Kier molecular flexibility index (Phi) is 13.3. The van der Waals surface area contributed by atoms with Crippen molar-refractivity contribution in [3.63, 3.8) is 0 Å². The number of rotatable bonds is 1. The quantitative estimate of drug-likeness (QED) is 0.400. The summed E-state index contributed by atoms with van der Waals surface area (Å²) in [5.41, 5.74) is 4.20. The van der Waals surface area contributed by atoms with Gasteiger partial charge in [0.1, 0.15) is 0 Å². The fraction of sp³-hybridized carbons (Fsp3) is 0.200. The third-order valence-electron chi connectivity index (χ3n) is 0.365. The number of amides is 1. The highest BCUT2D eigenvalue weighted by Crippen LogP contribution is 1.81. The van der Waals surface area contributed by atoms with Crippen LogP contribution in [0.3, 0.4) is 0 Å². The number of carbonyl (C=O) groups is 2. The van der Waals surface area contributed by atoms with Crippen LogP contribution in [0.1, 0.15) is 6.92 Å². The van der Waals surface area contributed by atoms with E-state index in [1.807, 2.05) is 0 Å². The van der Waals surface area contributed by atoms with Crippen LogP contribution in [0.4, 0.5) is 4.79 Å². The Bertz CT molecular complexity index is 141. The summed E-state index contributed by atoms with van der Waals surface area (Å²) in [6, 6.07) is 0. The maximum atomic E-state index is 9.60. The predicted molar refractivity (Wildman–Crippen MR) is 45.8 cm³/mol. The fourth-order valence-corrected chi connectivity index (χ4v) is 0. The molecule has 0 saturated heterocycles. The van der Waals surface area contributed by atoms with Gasteiger partial charge in [0.2, 0.25) is 0 Å². The van der Waals surface area contributed by atoms with Gasteiger partial charge in [0.15, 0.2) is 0 Å². The summed E-state index contributed by atoms with van der Waals surface area (Å²) in [5.74, 6) is -0.935. The molecule has 0 aliphatic carbocycles. The molecule has 6 heteroatoms. The van der Waals surface area contributed by atoms with Gasteiger partial charge >= 0.3 is 12.1 Å². The van der Waals surface area contributed by atoms with Gasteiger partial charge < -0.3 is 15.9 Å². The van der Waals surface area contributed by atoms with Crippen molar-refractivity contribution in [1.82, 2.24) is 0 Å². The molecule has 0 aliphatic rings. The van der Waals surface area contributed by atoms with Crippen LogP contribution in [0.5, 0.6) is 0 Å². The summed E-state index contributed by atoms with van der Waals surface area (Å²) >= 11 is 0. The van der Waals surface area contributed by atoms with E-state index in [2.05, 4.69) is 12.3 Å². The predicted octanol–water partition coefficient (Wildman–Crippen LogP) is 0.328. The number of carboxylic acids is 1. The van der Waals surface area contributed by atoms with Gasteiger partial charge in [-0.3, -0.25) is 0 Å². The number of aliphatic carboxylic acids is 1. The molecule has 0 fully saturated rings. The lowest BCUT2D eigenvalue weighted by molar-refractivity contribution is -0.132. The van der Waals surface area contributed by atoms with Gasteiger partial charge in [-0.05, 0) is 6.92 Å².